The van der Waals surface area contributed by atoms with Crippen molar-refractivity contribution in [3.63, 3.8) is 0 Å². The van der Waals surface area contributed by atoms with Crippen molar-refractivity contribution in [3.05, 3.63) is 104 Å². The Morgan fingerprint density at radius 3 is 2.43 bits per heavy atom. The average Bonchev–Trinajstić information content (AvgIpc) is 2.73. The predicted octanol–water partition coefficient (Wildman–Crippen LogP) is 6.32. The molecule has 0 aromatic heterocycles. The first kappa shape index (κ1) is 20.9. The third-order valence-corrected chi connectivity index (χ3v) is 6.40. The van der Waals surface area contributed by atoms with Gasteiger partial charge in [-0.1, -0.05) is 69.5 Å². The summed E-state index contributed by atoms with van der Waals surface area (Å²) in [5.74, 6) is -2.16. The smallest absolute Gasteiger partial charge is 0.313 e. The summed E-state index contributed by atoms with van der Waals surface area (Å²) in [6.45, 7) is 0.136. The summed E-state index contributed by atoms with van der Waals surface area (Å²) >= 11 is 15.9. The number of hydrogen-bond acceptors (Lipinski definition) is 2. The number of amides is 1. The van der Waals surface area contributed by atoms with E-state index in [-0.39, 0.29) is 12.5 Å². The van der Waals surface area contributed by atoms with Crippen molar-refractivity contribution in [2.75, 3.05) is 0 Å². The maximum Gasteiger partial charge on any atom is 0.313 e. The molecule has 0 aliphatic carbocycles. The third-order valence-electron chi connectivity index (χ3n) is 5.26. The summed E-state index contributed by atoms with van der Waals surface area (Å²) in [5, 5.41) is 11.1. The normalized spacial score (nSPS) is 18.2. The highest BCUT2D eigenvalue weighted by Gasteiger charge is 2.44. The summed E-state index contributed by atoms with van der Waals surface area (Å²) in [7, 11) is 0. The first-order chi connectivity index (χ1) is 14.4. The Labute approximate surface area is 192 Å². The van der Waals surface area contributed by atoms with E-state index >= 15 is 0 Å². The molecule has 1 N–H and O–H groups in total. The Morgan fingerprint density at radius 2 is 1.73 bits per heavy atom. The molecule has 3 aromatic rings. The SMILES string of the molecule is O=C(O)C1c2ccccc2C(=O)N(Cc2cc(Cl)ccc2Cl)C1c1ccc(Br)cc1. The van der Waals surface area contributed by atoms with E-state index in [1.807, 2.05) is 24.3 Å². The monoisotopic (exact) mass is 503 g/mol. The lowest BCUT2D eigenvalue weighted by atomic mass is 9.79. The highest BCUT2D eigenvalue weighted by molar-refractivity contribution is 9.10. The van der Waals surface area contributed by atoms with Crippen LogP contribution in [0.25, 0.3) is 0 Å². The minimum atomic E-state index is -0.995. The molecule has 2 atom stereocenters. The van der Waals surface area contributed by atoms with Gasteiger partial charge in [0.05, 0.1) is 6.04 Å². The maximum atomic E-state index is 13.5. The molecule has 0 saturated carbocycles. The Bertz CT molecular complexity index is 1130. The van der Waals surface area contributed by atoms with Crippen molar-refractivity contribution >= 4 is 51.0 Å². The first-order valence-electron chi connectivity index (χ1n) is 9.19. The van der Waals surface area contributed by atoms with Crippen LogP contribution in [0, 0.1) is 0 Å². The molecule has 2 unspecified atom stereocenters. The zero-order chi connectivity index (χ0) is 21.4. The van der Waals surface area contributed by atoms with Crippen molar-refractivity contribution in [1.82, 2.24) is 4.90 Å². The lowest BCUT2D eigenvalue weighted by Gasteiger charge is -2.41. The summed E-state index contributed by atoms with van der Waals surface area (Å²) in [4.78, 5) is 27.5. The van der Waals surface area contributed by atoms with Crippen LogP contribution in [0.2, 0.25) is 10.0 Å². The number of aliphatic carboxylic acids is 1. The van der Waals surface area contributed by atoms with Crippen LogP contribution in [-0.2, 0) is 11.3 Å². The van der Waals surface area contributed by atoms with Gasteiger partial charge in [-0.05, 0) is 53.1 Å². The zero-order valence-corrected chi connectivity index (χ0v) is 18.7. The Balaban J connectivity index is 1.90. The lowest BCUT2D eigenvalue weighted by Crippen LogP contribution is -2.44. The number of rotatable bonds is 4. The minimum Gasteiger partial charge on any atom is -0.481 e. The fraction of sp³-hybridized carbons (Fsp3) is 0.130. The van der Waals surface area contributed by atoms with Gasteiger partial charge in [-0.2, -0.15) is 0 Å². The number of carbonyl (C=O) groups is 2. The minimum absolute atomic E-state index is 0.136. The van der Waals surface area contributed by atoms with Gasteiger partial charge in [-0.15, -0.1) is 0 Å². The maximum absolute atomic E-state index is 13.5. The summed E-state index contributed by atoms with van der Waals surface area (Å²) in [6.07, 6.45) is 0. The standard InChI is InChI=1S/C23H16BrCl2NO3/c24-15-7-5-13(6-8-15)21-20(23(29)30)17-3-1-2-4-18(17)22(28)27(21)12-14-11-16(25)9-10-19(14)26/h1-11,20-21H,12H2,(H,29,30). The lowest BCUT2D eigenvalue weighted by molar-refractivity contribution is -0.140. The van der Waals surface area contributed by atoms with Crippen LogP contribution in [0.5, 0.6) is 0 Å². The Hall–Kier alpha value is -2.34. The molecule has 152 valence electrons. The number of nitrogens with zero attached hydrogens (tertiary/aromatic N) is 1. The topological polar surface area (TPSA) is 57.6 Å². The third kappa shape index (κ3) is 3.85. The van der Waals surface area contributed by atoms with Gasteiger partial charge in [0, 0.05) is 26.6 Å². The molecule has 4 nitrogen and oxygen atoms in total. The highest BCUT2D eigenvalue weighted by Crippen LogP contribution is 2.44. The molecular weight excluding hydrogens is 489 g/mol. The van der Waals surface area contributed by atoms with E-state index < -0.39 is 17.9 Å². The van der Waals surface area contributed by atoms with Gasteiger partial charge in [-0.3, -0.25) is 9.59 Å². The molecule has 3 aromatic carbocycles. The number of carboxylic acid groups (broad SMARTS) is 1. The number of hydrogen-bond donors (Lipinski definition) is 1. The van der Waals surface area contributed by atoms with Gasteiger partial charge < -0.3 is 10.0 Å². The molecule has 1 amide bonds. The fourth-order valence-corrected chi connectivity index (χ4v) is 4.55. The molecule has 0 fully saturated rings. The van der Waals surface area contributed by atoms with Crippen molar-refractivity contribution in [3.8, 4) is 0 Å². The number of fused-ring (bicyclic) bond motifs is 1. The van der Waals surface area contributed by atoms with Crippen LogP contribution in [0.1, 0.15) is 39.0 Å². The van der Waals surface area contributed by atoms with Gasteiger partial charge in [0.2, 0.25) is 0 Å². The van der Waals surface area contributed by atoms with Crippen LogP contribution in [0.3, 0.4) is 0 Å². The number of carboxylic acids is 1. The highest BCUT2D eigenvalue weighted by atomic mass is 79.9. The van der Waals surface area contributed by atoms with Crippen molar-refractivity contribution in [1.29, 1.82) is 0 Å². The number of benzene rings is 3. The molecule has 0 saturated heterocycles. The quantitative estimate of drug-likeness (QED) is 0.452. The van der Waals surface area contributed by atoms with E-state index in [2.05, 4.69) is 15.9 Å². The predicted molar refractivity (Wildman–Crippen MR) is 120 cm³/mol. The van der Waals surface area contributed by atoms with Gasteiger partial charge >= 0.3 is 5.97 Å². The second-order valence-electron chi connectivity index (χ2n) is 7.07. The summed E-state index contributed by atoms with van der Waals surface area (Å²) in [6, 6.07) is 18.5. The molecular formula is C23H16BrCl2NO3. The van der Waals surface area contributed by atoms with E-state index in [9.17, 15) is 14.7 Å². The van der Waals surface area contributed by atoms with E-state index in [0.717, 1.165) is 10.0 Å². The molecule has 0 radical (unpaired) electrons. The molecule has 30 heavy (non-hydrogen) atoms. The van der Waals surface area contributed by atoms with Crippen LogP contribution in [-0.4, -0.2) is 21.9 Å². The summed E-state index contributed by atoms with van der Waals surface area (Å²) in [5.41, 5.74) is 2.28. The second-order valence-corrected chi connectivity index (χ2v) is 8.83. The molecule has 4 rings (SSSR count). The van der Waals surface area contributed by atoms with Crippen molar-refractivity contribution in [2.45, 2.75) is 18.5 Å². The van der Waals surface area contributed by atoms with Crippen LogP contribution in [0.4, 0.5) is 0 Å². The first-order valence-corrected chi connectivity index (χ1v) is 10.7. The summed E-state index contributed by atoms with van der Waals surface area (Å²) < 4.78 is 0.866. The van der Waals surface area contributed by atoms with Crippen molar-refractivity contribution in [2.24, 2.45) is 0 Å². The second kappa shape index (κ2) is 8.42. The van der Waals surface area contributed by atoms with Crippen LogP contribution >= 0.6 is 39.1 Å². The van der Waals surface area contributed by atoms with E-state index in [4.69, 9.17) is 23.2 Å². The molecule has 0 bridgehead atoms. The van der Waals surface area contributed by atoms with Gasteiger partial charge in [0.15, 0.2) is 0 Å². The molecule has 7 heteroatoms. The Kier molecular flexibility index (Phi) is 5.87. The van der Waals surface area contributed by atoms with Crippen LogP contribution < -0.4 is 0 Å². The number of halogens is 3. The Morgan fingerprint density at radius 1 is 1.03 bits per heavy atom. The zero-order valence-electron chi connectivity index (χ0n) is 15.6. The van der Waals surface area contributed by atoms with Crippen LogP contribution in [0.15, 0.2) is 71.2 Å². The molecule has 1 aliphatic heterocycles. The van der Waals surface area contributed by atoms with Gasteiger partial charge in [0.25, 0.3) is 5.91 Å². The van der Waals surface area contributed by atoms with E-state index in [1.54, 1.807) is 47.4 Å². The van der Waals surface area contributed by atoms with E-state index in [1.165, 1.54) is 0 Å². The number of carbonyl (C=O) groups excluding carboxylic acids is 1. The van der Waals surface area contributed by atoms with Gasteiger partial charge in [-0.25, -0.2) is 0 Å². The fourth-order valence-electron chi connectivity index (χ4n) is 3.91. The average molecular weight is 505 g/mol. The molecule has 1 heterocycles. The van der Waals surface area contributed by atoms with Gasteiger partial charge in [0.1, 0.15) is 5.92 Å². The van der Waals surface area contributed by atoms with E-state index in [0.29, 0.717) is 26.7 Å². The van der Waals surface area contributed by atoms with Crippen molar-refractivity contribution < 1.29 is 14.7 Å². The molecule has 0 spiro atoms. The molecule has 1 aliphatic rings. The largest absolute Gasteiger partial charge is 0.481 e.